The van der Waals surface area contributed by atoms with Crippen LogP contribution in [0, 0.1) is 5.92 Å². The van der Waals surface area contributed by atoms with Crippen molar-refractivity contribution in [1.82, 2.24) is 4.90 Å². The highest BCUT2D eigenvalue weighted by molar-refractivity contribution is 8.00. The van der Waals surface area contributed by atoms with Crippen LogP contribution in [0.3, 0.4) is 0 Å². The van der Waals surface area contributed by atoms with Crippen molar-refractivity contribution < 1.29 is 52.3 Å². The Hall–Kier alpha value is -3.29. The molecule has 0 amide bonds. The fourth-order valence-electron chi connectivity index (χ4n) is 7.83. The Labute approximate surface area is 259 Å². The first-order chi connectivity index (χ1) is 21.0. The van der Waals surface area contributed by atoms with E-state index in [9.17, 15) is 19.2 Å². The van der Waals surface area contributed by atoms with Crippen molar-refractivity contribution in [1.29, 1.82) is 0 Å². The van der Waals surface area contributed by atoms with E-state index < -0.39 is 53.7 Å². The first kappa shape index (κ1) is 30.7. The molecule has 0 radical (unpaired) electrons. The van der Waals surface area contributed by atoms with Crippen molar-refractivity contribution in [3.8, 4) is 11.5 Å². The van der Waals surface area contributed by atoms with Crippen molar-refractivity contribution in [2.24, 2.45) is 5.92 Å². The molecule has 2 bridgehead atoms. The molecule has 3 aliphatic heterocycles. The number of carbonyl (C=O) groups is 4. The lowest BCUT2D eigenvalue weighted by Crippen LogP contribution is -2.65. The average Bonchev–Trinajstić information content (AvgIpc) is 3.32. The Kier molecular flexibility index (Phi) is 8.08. The molecule has 13 heteroatoms. The van der Waals surface area contributed by atoms with Crippen molar-refractivity contribution in [2.75, 3.05) is 27.8 Å². The van der Waals surface area contributed by atoms with E-state index in [0.717, 1.165) is 32.1 Å². The maximum atomic E-state index is 13.0. The topological polar surface area (TPSA) is 136 Å². The number of likely N-dealkylation sites (N-methyl/N-ethyl adjacent to an activating group) is 1. The molecule has 0 aromatic heterocycles. The van der Waals surface area contributed by atoms with Gasteiger partial charge >= 0.3 is 23.9 Å². The fraction of sp³-hybridized carbons (Fsp3) is 0.613. The summed E-state index contributed by atoms with van der Waals surface area (Å²) in [6.07, 6.45) is 0.338. The minimum absolute atomic E-state index is 0.199. The molecular formula is C31H37NO11S. The molecule has 238 valence electrons. The Bertz CT molecular complexity index is 1400. The summed E-state index contributed by atoms with van der Waals surface area (Å²) in [5, 5.41) is -0.331. The molecule has 2 fully saturated rings. The third-order valence-corrected chi connectivity index (χ3v) is 10.8. The zero-order valence-corrected chi connectivity index (χ0v) is 26.3. The average molecular weight is 632 g/mol. The highest BCUT2D eigenvalue weighted by atomic mass is 32.2. The number of esters is 4. The van der Waals surface area contributed by atoms with Crippen LogP contribution >= 0.6 is 11.8 Å². The number of benzene rings is 1. The number of ether oxygens (including phenoxy) is 7. The van der Waals surface area contributed by atoms with E-state index in [-0.39, 0.29) is 22.7 Å². The minimum atomic E-state index is -1.45. The van der Waals surface area contributed by atoms with Crippen LogP contribution in [0.15, 0.2) is 24.3 Å². The molecule has 2 aliphatic carbocycles. The summed E-state index contributed by atoms with van der Waals surface area (Å²) < 4.78 is 40.5. The molecule has 5 aliphatic rings. The van der Waals surface area contributed by atoms with Crippen LogP contribution in [0.1, 0.15) is 38.3 Å². The molecule has 2 saturated heterocycles. The van der Waals surface area contributed by atoms with Crippen molar-refractivity contribution >= 4 is 35.6 Å². The zero-order valence-electron chi connectivity index (χ0n) is 25.5. The van der Waals surface area contributed by atoms with Crippen molar-refractivity contribution in [3.05, 3.63) is 35.4 Å². The lowest BCUT2D eigenvalue weighted by atomic mass is 9.53. The van der Waals surface area contributed by atoms with Gasteiger partial charge in [-0.25, -0.2) is 4.79 Å². The number of piperidine rings is 1. The monoisotopic (exact) mass is 631 g/mol. The second-order valence-electron chi connectivity index (χ2n) is 11.9. The maximum Gasteiger partial charge on any atom is 0.339 e. The zero-order chi connectivity index (χ0) is 31.5. The first-order valence-electron chi connectivity index (χ1n) is 14.7. The summed E-state index contributed by atoms with van der Waals surface area (Å²) in [6, 6.07) is 4.38. The largest absolute Gasteiger partial charge is 0.493 e. The summed E-state index contributed by atoms with van der Waals surface area (Å²) in [4.78, 5) is 52.1. The highest BCUT2D eigenvalue weighted by Gasteiger charge is 2.65. The molecule has 12 nitrogen and oxygen atoms in total. The second-order valence-corrected chi connectivity index (χ2v) is 13.2. The maximum absolute atomic E-state index is 13.0. The SMILES string of the molecule is COC(=O)[C@H]1O[C@@H](SC2C=CC3[C@H]4Cc5ccc(OC)c6c5[C@@]3(CCN4C)[C@H]2O6)[C@H](OC(C)=O)[C@@H](OC(C)=O)[C@@H]1OC(C)=O. The molecule has 0 N–H and O–H groups in total. The van der Waals surface area contributed by atoms with E-state index in [1.54, 1.807) is 7.11 Å². The number of rotatable bonds is 7. The minimum Gasteiger partial charge on any atom is -0.493 e. The summed E-state index contributed by atoms with van der Waals surface area (Å²) in [5.41, 5.74) is 1.07. The predicted molar refractivity (Wildman–Crippen MR) is 155 cm³/mol. The molecule has 3 heterocycles. The van der Waals surface area contributed by atoms with Gasteiger partial charge in [0.15, 0.2) is 35.9 Å². The quantitative estimate of drug-likeness (QED) is 0.247. The number of hydrogen-bond acceptors (Lipinski definition) is 13. The lowest BCUT2D eigenvalue weighted by Gasteiger charge is -2.57. The number of thioether (sulfide) groups is 1. The summed E-state index contributed by atoms with van der Waals surface area (Å²) in [5.74, 6) is -1.34. The van der Waals surface area contributed by atoms with Crippen LogP contribution in [0.5, 0.6) is 11.5 Å². The molecule has 2 unspecified atom stereocenters. The number of hydrogen-bond donors (Lipinski definition) is 0. The van der Waals surface area contributed by atoms with Gasteiger partial charge in [-0.1, -0.05) is 18.2 Å². The van der Waals surface area contributed by atoms with Gasteiger partial charge in [0.1, 0.15) is 11.5 Å². The Morgan fingerprint density at radius 1 is 0.955 bits per heavy atom. The van der Waals surface area contributed by atoms with Gasteiger partial charge in [-0.3, -0.25) is 14.4 Å². The predicted octanol–water partition coefficient (Wildman–Crippen LogP) is 1.94. The molecule has 1 spiro atoms. The third kappa shape index (κ3) is 4.83. The first-order valence-corrected chi connectivity index (χ1v) is 15.6. The normalized spacial score (nSPS) is 36.4. The summed E-state index contributed by atoms with van der Waals surface area (Å²) in [6.45, 7) is 4.44. The van der Waals surface area contributed by atoms with E-state index in [2.05, 4.69) is 30.2 Å². The number of methoxy groups -OCH3 is 2. The van der Waals surface area contributed by atoms with Crippen LogP contribution in [0.2, 0.25) is 0 Å². The van der Waals surface area contributed by atoms with Gasteiger partial charge in [-0.2, -0.15) is 0 Å². The molecule has 0 saturated carbocycles. The molecular weight excluding hydrogens is 594 g/mol. The molecule has 44 heavy (non-hydrogen) atoms. The van der Waals surface area contributed by atoms with E-state index in [0.29, 0.717) is 11.8 Å². The van der Waals surface area contributed by atoms with Gasteiger partial charge in [0.25, 0.3) is 0 Å². The molecule has 6 rings (SSSR count). The van der Waals surface area contributed by atoms with Gasteiger partial charge in [-0.15, -0.1) is 11.8 Å². The van der Waals surface area contributed by atoms with Crippen molar-refractivity contribution in [2.45, 2.75) is 86.3 Å². The van der Waals surface area contributed by atoms with Crippen molar-refractivity contribution in [3.63, 3.8) is 0 Å². The molecule has 10 atom stereocenters. The van der Waals surface area contributed by atoms with Gasteiger partial charge in [0.05, 0.1) is 19.5 Å². The highest BCUT2D eigenvalue weighted by Crippen LogP contribution is 2.63. The van der Waals surface area contributed by atoms with Crippen LogP contribution in [0.25, 0.3) is 0 Å². The standard InChI is InChI=1S/C31H37NO11S/c1-14(33)39-24-25(40-15(2)34)27(41-16(3)35)30(43-26(24)29(36)38-6)44-21-10-8-18-19-13-17-7-9-20(37-5)23-22(17)31(18,28(21)42-23)11-12-32(19)4/h7-10,18-19,21,24-28,30H,11-13H2,1-6H3/t18?,19-,21?,24+,25+,26+,27-,28+,30+,31+/m1/s1. The molecule has 1 aromatic carbocycles. The lowest BCUT2D eigenvalue weighted by molar-refractivity contribution is -0.235. The van der Waals surface area contributed by atoms with Crippen LogP contribution < -0.4 is 9.47 Å². The number of nitrogens with zero attached hydrogens (tertiary/aromatic N) is 1. The molecule has 1 aromatic rings. The van der Waals surface area contributed by atoms with Crippen LogP contribution in [-0.4, -0.2) is 104 Å². The van der Waals surface area contributed by atoms with Crippen LogP contribution in [-0.2, 0) is 54.7 Å². The Balaban J connectivity index is 1.41. The summed E-state index contributed by atoms with van der Waals surface area (Å²) >= 11 is 1.30. The smallest absolute Gasteiger partial charge is 0.339 e. The number of carbonyl (C=O) groups excluding carboxylic acids is 4. The Morgan fingerprint density at radius 2 is 1.64 bits per heavy atom. The van der Waals surface area contributed by atoms with Gasteiger partial charge in [0.2, 0.25) is 0 Å². The van der Waals surface area contributed by atoms with Gasteiger partial charge in [-0.05, 0) is 38.1 Å². The van der Waals surface area contributed by atoms with E-state index in [4.69, 9.17) is 33.2 Å². The fourth-order valence-corrected chi connectivity index (χ4v) is 9.31. The Morgan fingerprint density at radius 3 is 2.30 bits per heavy atom. The van der Waals surface area contributed by atoms with Gasteiger partial charge in [0, 0.05) is 43.7 Å². The number of likely N-dealkylation sites (tertiary alicyclic amines) is 1. The van der Waals surface area contributed by atoms with E-state index >= 15 is 0 Å². The van der Waals surface area contributed by atoms with Gasteiger partial charge < -0.3 is 38.1 Å². The summed E-state index contributed by atoms with van der Waals surface area (Å²) in [7, 11) is 4.97. The van der Waals surface area contributed by atoms with E-state index in [1.165, 1.54) is 43.8 Å². The van der Waals surface area contributed by atoms with E-state index in [1.807, 2.05) is 6.07 Å². The third-order valence-electron chi connectivity index (χ3n) is 9.46. The second kappa shape index (κ2) is 11.6. The van der Waals surface area contributed by atoms with Crippen LogP contribution in [0.4, 0.5) is 0 Å².